The molecule has 0 bridgehead atoms. The van der Waals surface area contributed by atoms with Gasteiger partial charge >= 0.3 is 11.6 Å². The Labute approximate surface area is 230 Å². The van der Waals surface area contributed by atoms with E-state index in [0.717, 1.165) is 4.90 Å². The summed E-state index contributed by atoms with van der Waals surface area (Å²) in [7, 11) is 1.44. The topological polar surface area (TPSA) is 86.8 Å². The minimum Gasteiger partial charge on any atom is -0.443 e. The number of halogens is 4. The van der Waals surface area contributed by atoms with Crippen molar-refractivity contribution in [2.45, 2.75) is 36.9 Å². The number of nitriles is 1. The third-order valence-corrected chi connectivity index (χ3v) is 6.41. The molecule has 1 aromatic carbocycles. The highest BCUT2D eigenvalue weighted by atomic mass is 79.9. The fraction of sp³-hybridized carbons (Fsp3) is 0.269. The van der Waals surface area contributed by atoms with Crippen molar-refractivity contribution in [3.8, 4) is 17.9 Å². The lowest BCUT2D eigenvalue weighted by molar-refractivity contribution is -0.0330. The molecular formula is C26H22BrF3N4O3S. The molecule has 2 heterocycles. The molecular weight excluding hydrogens is 585 g/mol. The molecule has 3 rings (SSSR count). The number of thioether (sulfide) groups is 1. The largest absolute Gasteiger partial charge is 0.447 e. The number of carbonyl (C=O) groups is 2. The van der Waals surface area contributed by atoms with Crippen LogP contribution >= 0.6 is 27.7 Å². The fourth-order valence-corrected chi connectivity index (χ4v) is 4.52. The van der Waals surface area contributed by atoms with Gasteiger partial charge in [-0.25, -0.2) is 4.79 Å². The number of alkyl halides is 3. The van der Waals surface area contributed by atoms with Gasteiger partial charge in [-0.2, -0.15) is 18.4 Å². The van der Waals surface area contributed by atoms with Gasteiger partial charge in [0.25, 0.3) is 5.91 Å². The van der Waals surface area contributed by atoms with Crippen molar-refractivity contribution in [3.63, 3.8) is 0 Å². The average Bonchev–Trinajstić information content (AvgIpc) is 3.17. The quantitative estimate of drug-likeness (QED) is 0.277. The lowest BCUT2D eigenvalue weighted by Crippen LogP contribution is -2.37. The Morgan fingerprint density at radius 1 is 1.18 bits per heavy atom. The van der Waals surface area contributed by atoms with Crippen LogP contribution < -0.4 is 10.2 Å². The number of nitrogens with zero attached hydrogens (tertiary/aromatic N) is 3. The zero-order chi connectivity index (χ0) is 28.3. The summed E-state index contributed by atoms with van der Waals surface area (Å²) in [5, 5.41) is 12.0. The molecule has 0 unspecified atom stereocenters. The van der Waals surface area contributed by atoms with Crippen molar-refractivity contribution in [1.82, 2.24) is 9.72 Å². The van der Waals surface area contributed by atoms with E-state index in [4.69, 9.17) is 4.74 Å². The third kappa shape index (κ3) is 7.03. The van der Waals surface area contributed by atoms with Crippen LogP contribution in [0.5, 0.6) is 0 Å². The number of ether oxygens (including phenoxy) is 1. The molecule has 2 amide bonds. The summed E-state index contributed by atoms with van der Waals surface area (Å²) >= 11 is 3.05. The molecule has 0 atom stereocenters. The summed E-state index contributed by atoms with van der Waals surface area (Å²) in [4.78, 5) is 26.2. The molecule has 38 heavy (non-hydrogen) atoms. The normalized spacial score (nSPS) is 11.3. The monoisotopic (exact) mass is 606 g/mol. The smallest absolute Gasteiger partial charge is 0.443 e. The summed E-state index contributed by atoms with van der Waals surface area (Å²) in [6, 6.07) is 11.0. The number of pyridine rings is 1. The molecule has 0 saturated heterocycles. The predicted octanol–water partition coefficient (Wildman–Crippen LogP) is 6.34. The van der Waals surface area contributed by atoms with Crippen LogP contribution in [0.3, 0.4) is 0 Å². The van der Waals surface area contributed by atoms with Crippen LogP contribution in [0.2, 0.25) is 0 Å². The van der Waals surface area contributed by atoms with Gasteiger partial charge in [0.1, 0.15) is 16.7 Å². The first-order valence-corrected chi connectivity index (χ1v) is 12.7. The number of fused-ring (bicyclic) bond motifs is 1. The number of hydrogen-bond donors (Lipinski definition) is 1. The summed E-state index contributed by atoms with van der Waals surface area (Å²) in [6.45, 7) is 4.70. The standard InChI is InChI=1S/C26H22BrF3N4O3S/c1-25(2,3)37-24(36)34(20-10-9-16(22(35)32-4)13-18(20)15-31)12-5-7-17-14-21-19(27)8-6-11-33(21)23(17)38-26(28,29)30/h6,8-11,13-14H,12H2,1-4H3,(H,32,35). The summed E-state index contributed by atoms with van der Waals surface area (Å²) in [5.41, 5.74) is -4.46. The van der Waals surface area contributed by atoms with Crippen LogP contribution in [0.15, 0.2) is 52.1 Å². The first-order chi connectivity index (χ1) is 17.7. The second kappa shape index (κ2) is 11.4. The van der Waals surface area contributed by atoms with Crippen LogP contribution in [-0.2, 0) is 4.74 Å². The minimum atomic E-state index is -4.55. The first kappa shape index (κ1) is 29.0. The van der Waals surface area contributed by atoms with Crippen molar-refractivity contribution >= 4 is 50.9 Å². The number of benzene rings is 1. The van der Waals surface area contributed by atoms with Gasteiger partial charge in [0, 0.05) is 35.0 Å². The molecule has 3 aromatic rings. The average molecular weight is 607 g/mol. The van der Waals surface area contributed by atoms with Gasteiger partial charge in [0.15, 0.2) is 0 Å². The third-order valence-electron chi connectivity index (χ3n) is 4.90. The minimum absolute atomic E-state index is 0.0191. The number of amides is 2. The summed E-state index contributed by atoms with van der Waals surface area (Å²) in [5.74, 6) is 5.07. The highest BCUT2D eigenvalue weighted by molar-refractivity contribution is 9.10. The van der Waals surface area contributed by atoms with Crippen LogP contribution in [-0.4, -0.2) is 41.1 Å². The number of carbonyl (C=O) groups excluding carboxylic acids is 2. The lowest BCUT2D eigenvalue weighted by atomic mass is 10.1. The van der Waals surface area contributed by atoms with E-state index >= 15 is 0 Å². The highest BCUT2D eigenvalue weighted by Gasteiger charge is 2.32. The molecule has 0 radical (unpaired) electrons. The van der Waals surface area contributed by atoms with Crippen molar-refractivity contribution in [3.05, 3.63) is 63.8 Å². The maximum absolute atomic E-state index is 13.3. The second-order valence-electron chi connectivity index (χ2n) is 8.81. The van der Waals surface area contributed by atoms with Crippen LogP contribution in [0.25, 0.3) is 5.52 Å². The number of hydrogen-bond acceptors (Lipinski definition) is 5. The predicted molar refractivity (Wildman–Crippen MR) is 142 cm³/mol. The van der Waals surface area contributed by atoms with E-state index in [1.165, 1.54) is 41.9 Å². The Morgan fingerprint density at radius 3 is 2.50 bits per heavy atom. The van der Waals surface area contributed by atoms with Crippen LogP contribution in [0.1, 0.15) is 42.3 Å². The Kier molecular flexibility index (Phi) is 8.70. The Bertz CT molecular complexity index is 1490. The van der Waals surface area contributed by atoms with Gasteiger partial charge in [0.05, 0.1) is 28.9 Å². The van der Waals surface area contributed by atoms with E-state index in [1.807, 2.05) is 6.07 Å². The van der Waals surface area contributed by atoms with Crippen molar-refractivity contribution in [1.29, 1.82) is 5.26 Å². The van der Waals surface area contributed by atoms with Gasteiger partial charge in [0.2, 0.25) is 0 Å². The van der Waals surface area contributed by atoms with Gasteiger partial charge < -0.3 is 14.5 Å². The number of aromatic nitrogens is 1. The molecule has 0 aliphatic carbocycles. The van der Waals surface area contributed by atoms with Gasteiger partial charge in [-0.1, -0.05) is 11.8 Å². The molecule has 0 spiro atoms. The van der Waals surface area contributed by atoms with Gasteiger partial charge in [-0.05, 0) is 73.1 Å². The molecule has 1 N–H and O–H groups in total. The SMILES string of the molecule is CNC(=O)c1ccc(N(CC#Cc2cc3c(Br)cccn3c2SC(F)(F)F)C(=O)OC(C)(C)C)c(C#N)c1. The summed E-state index contributed by atoms with van der Waals surface area (Å²) in [6.07, 6.45) is 0.685. The van der Waals surface area contributed by atoms with Gasteiger partial charge in [-0.3, -0.25) is 9.69 Å². The fourth-order valence-electron chi connectivity index (χ4n) is 3.37. The van der Waals surface area contributed by atoms with Crippen LogP contribution in [0.4, 0.5) is 23.7 Å². The Balaban J connectivity index is 2.07. The van der Waals surface area contributed by atoms with E-state index in [9.17, 15) is 28.0 Å². The van der Waals surface area contributed by atoms with Crippen molar-refractivity contribution in [2.75, 3.05) is 18.5 Å². The summed E-state index contributed by atoms with van der Waals surface area (Å²) < 4.78 is 47.4. The van der Waals surface area contributed by atoms with E-state index in [2.05, 4.69) is 33.1 Å². The molecule has 198 valence electrons. The molecule has 7 nitrogen and oxygen atoms in total. The molecule has 12 heteroatoms. The van der Waals surface area contributed by atoms with E-state index in [-0.39, 0.29) is 45.7 Å². The van der Waals surface area contributed by atoms with E-state index in [1.54, 1.807) is 32.9 Å². The second-order valence-corrected chi connectivity index (χ2v) is 10.7. The maximum Gasteiger partial charge on any atom is 0.447 e. The highest BCUT2D eigenvalue weighted by Crippen LogP contribution is 2.40. The Hall–Kier alpha value is -3.61. The maximum atomic E-state index is 13.3. The van der Waals surface area contributed by atoms with Crippen molar-refractivity contribution in [2.24, 2.45) is 0 Å². The van der Waals surface area contributed by atoms with E-state index < -0.39 is 23.1 Å². The Morgan fingerprint density at radius 2 is 1.89 bits per heavy atom. The number of nitrogens with one attached hydrogen (secondary N) is 1. The zero-order valence-corrected chi connectivity index (χ0v) is 23.1. The molecule has 0 aliphatic rings. The van der Waals surface area contributed by atoms with Crippen LogP contribution in [0, 0.1) is 23.2 Å². The van der Waals surface area contributed by atoms with Crippen molar-refractivity contribution < 1.29 is 27.5 Å². The zero-order valence-electron chi connectivity index (χ0n) is 20.7. The lowest BCUT2D eigenvalue weighted by Gasteiger charge is -2.26. The van der Waals surface area contributed by atoms with E-state index in [0.29, 0.717) is 9.99 Å². The number of rotatable bonds is 4. The molecule has 0 fully saturated rings. The van der Waals surface area contributed by atoms with Gasteiger partial charge in [-0.15, -0.1) is 0 Å². The molecule has 0 saturated carbocycles. The first-order valence-electron chi connectivity index (χ1n) is 11.0. The number of anilines is 1. The molecule has 2 aromatic heterocycles. The molecule has 0 aliphatic heterocycles.